The van der Waals surface area contributed by atoms with Crippen LogP contribution in [0.25, 0.3) is 21.9 Å². The van der Waals surface area contributed by atoms with Crippen LogP contribution >= 0.6 is 11.6 Å². The summed E-state index contributed by atoms with van der Waals surface area (Å²) >= 11 is 5.97. The fraction of sp³-hybridized carbons (Fsp3) is 0.0800. The van der Waals surface area contributed by atoms with Gasteiger partial charge >= 0.3 is 0 Å². The summed E-state index contributed by atoms with van der Waals surface area (Å²) in [5.41, 5.74) is -0.570. The maximum atomic E-state index is 15.2. The molecule has 0 aromatic heterocycles. The fourth-order valence-corrected chi connectivity index (χ4v) is 5.48. The van der Waals surface area contributed by atoms with Gasteiger partial charge in [0, 0.05) is 22.8 Å². The van der Waals surface area contributed by atoms with Crippen molar-refractivity contribution < 1.29 is 31.8 Å². The zero-order valence-corrected chi connectivity index (χ0v) is 19.9. The van der Waals surface area contributed by atoms with E-state index in [-0.39, 0.29) is 35.6 Å². The van der Waals surface area contributed by atoms with Gasteiger partial charge in [-0.05, 0) is 35.0 Å². The molecule has 1 heterocycles. The standard InChI is InChI=1S/C25H17ClF2N2O5S/c26-17-9-14-10-22(24(17)31)36(33,34)30-20-11-16(18(27)12-19(20)28)23-15-4-2-1-3-13(15)5-6-21(23)35-8-7-29-25(14)32/h1-6,9-12,30-31H,7-8H2,(H,29,32). The largest absolute Gasteiger partial charge is 0.505 e. The molecule has 1 aliphatic heterocycles. The lowest BCUT2D eigenvalue weighted by molar-refractivity contribution is 0.0947. The minimum absolute atomic E-state index is 0.0119. The van der Waals surface area contributed by atoms with Crippen LogP contribution in [0.3, 0.4) is 0 Å². The Morgan fingerprint density at radius 2 is 1.78 bits per heavy atom. The van der Waals surface area contributed by atoms with E-state index >= 15 is 4.39 Å². The first-order chi connectivity index (χ1) is 17.2. The van der Waals surface area contributed by atoms with E-state index in [1.807, 2.05) is 4.72 Å². The van der Waals surface area contributed by atoms with Gasteiger partial charge in [-0.1, -0.05) is 41.9 Å². The van der Waals surface area contributed by atoms with Gasteiger partial charge in [-0.3, -0.25) is 9.52 Å². The molecule has 3 N–H and O–H groups in total. The average molecular weight is 531 g/mol. The van der Waals surface area contributed by atoms with Crippen LogP contribution in [0, 0.1) is 11.6 Å². The Labute approximate surface area is 209 Å². The van der Waals surface area contributed by atoms with E-state index in [1.165, 1.54) is 0 Å². The number of aromatic hydroxyl groups is 1. The number of phenolic OH excluding ortho intramolecular Hbond substituents is 1. The number of carbonyl (C=O) groups excluding carboxylic acids is 1. The van der Waals surface area contributed by atoms with Crippen LogP contribution in [0.4, 0.5) is 14.5 Å². The van der Waals surface area contributed by atoms with Gasteiger partial charge in [-0.2, -0.15) is 0 Å². The lowest BCUT2D eigenvalue weighted by Gasteiger charge is -2.17. The lowest BCUT2D eigenvalue weighted by atomic mass is 9.96. The molecule has 0 fully saturated rings. The van der Waals surface area contributed by atoms with E-state index in [0.717, 1.165) is 23.6 Å². The highest BCUT2D eigenvalue weighted by atomic mass is 35.5. The third-order valence-corrected chi connectivity index (χ3v) is 7.35. The molecular formula is C25H17ClF2N2O5S. The predicted octanol–water partition coefficient (Wildman–Crippen LogP) is 5.07. The zero-order valence-electron chi connectivity index (χ0n) is 18.3. The van der Waals surface area contributed by atoms with Gasteiger partial charge in [0.2, 0.25) is 0 Å². The number of fused-ring (bicyclic) bond motifs is 8. The number of hydrogen-bond donors (Lipinski definition) is 3. The number of rotatable bonds is 0. The van der Waals surface area contributed by atoms with Crippen molar-refractivity contribution in [3.63, 3.8) is 0 Å². The van der Waals surface area contributed by atoms with Crippen molar-refractivity contribution in [3.8, 4) is 22.6 Å². The quantitative estimate of drug-likeness (QED) is 0.294. The number of carbonyl (C=O) groups is 1. The van der Waals surface area contributed by atoms with Crippen LogP contribution in [0.15, 0.2) is 65.6 Å². The topological polar surface area (TPSA) is 105 Å². The normalized spacial score (nSPS) is 15.0. The van der Waals surface area contributed by atoms with Crippen molar-refractivity contribution >= 4 is 44.0 Å². The maximum Gasteiger partial charge on any atom is 0.265 e. The Balaban J connectivity index is 1.77. The second-order valence-corrected chi connectivity index (χ2v) is 10.0. The average Bonchev–Trinajstić information content (AvgIpc) is 2.84. The number of hydrogen-bond acceptors (Lipinski definition) is 5. The molecule has 1 aliphatic rings. The summed E-state index contributed by atoms with van der Waals surface area (Å²) in [6, 6.07) is 14.0. The molecule has 11 heteroatoms. The predicted molar refractivity (Wildman–Crippen MR) is 131 cm³/mol. The number of phenols is 1. The third-order valence-electron chi connectivity index (χ3n) is 5.69. The van der Waals surface area contributed by atoms with Gasteiger partial charge in [0.05, 0.1) is 17.3 Å². The Kier molecular flexibility index (Phi) is 5.93. The van der Waals surface area contributed by atoms with Crippen molar-refractivity contribution in [1.82, 2.24) is 5.32 Å². The van der Waals surface area contributed by atoms with Gasteiger partial charge in [0.25, 0.3) is 15.9 Å². The molecule has 5 rings (SSSR count). The molecule has 7 nitrogen and oxygen atoms in total. The molecule has 0 unspecified atom stereocenters. The minimum Gasteiger partial charge on any atom is -0.505 e. The summed E-state index contributed by atoms with van der Waals surface area (Å²) in [5, 5.41) is 13.8. The Hall–Kier alpha value is -3.89. The van der Waals surface area contributed by atoms with E-state index in [0.29, 0.717) is 11.5 Å². The second-order valence-electron chi connectivity index (χ2n) is 7.99. The fourth-order valence-electron chi connectivity index (χ4n) is 4.01. The number of sulfonamides is 1. The van der Waals surface area contributed by atoms with E-state index < -0.39 is 48.9 Å². The van der Waals surface area contributed by atoms with Gasteiger partial charge < -0.3 is 15.2 Å². The Bertz CT molecular complexity index is 1660. The van der Waals surface area contributed by atoms with Crippen LogP contribution in [0.5, 0.6) is 11.5 Å². The SMILES string of the molecule is O=C1NCCOc2ccc3ccccc3c2-c2cc(c(F)cc2F)NS(=O)(=O)c2cc1cc(Cl)c2O. The molecular weight excluding hydrogens is 514 g/mol. The summed E-state index contributed by atoms with van der Waals surface area (Å²) in [7, 11) is -4.67. The molecule has 0 saturated heterocycles. The molecule has 0 aliphatic carbocycles. The van der Waals surface area contributed by atoms with Crippen LogP contribution in [0.2, 0.25) is 5.02 Å². The molecule has 4 bridgehead atoms. The van der Waals surface area contributed by atoms with Crippen LogP contribution < -0.4 is 14.8 Å². The molecule has 4 aromatic carbocycles. The molecule has 36 heavy (non-hydrogen) atoms. The van der Waals surface area contributed by atoms with Gasteiger partial charge in [0.15, 0.2) is 5.75 Å². The number of anilines is 1. The summed E-state index contributed by atoms with van der Waals surface area (Å²) in [6.45, 7) is 0.00303. The molecule has 0 saturated carbocycles. The summed E-state index contributed by atoms with van der Waals surface area (Å²) in [5.74, 6) is -3.39. The highest BCUT2D eigenvalue weighted by Gasteiger charge is 2.26. The Morgan fingerprint density at radius 1 is 1.00 bits per heavy atom. The summed E-state index contributed by atoms with van der Waals surface area (Å²) in [6.07, 6.45) is 0. The summed E-state index contributed by atoms with van der Waals surface area (Å²) < 4.78 is 64.1. The monoisotopic (exact) mass is 530 g/mol. The van der Waals surface area contributed by atoms with Crippen LogP contribution in [0.1, 0.15) is 10.4 Å². The smallest absolute Gasteiger partial charge is 0.265 e. The number of nitrogens with one attached hydrogen (secondary N) is 2. The maximum absolute atomic E-state index is 15.2. The molecule has 4 aromatic rings. The first kappa shape index (κ1) is 23.8. The van der Waals surface area contributed by atoms with Crippen molar-refractivity contribution in [2.75, 3.05) is 17.9 Å². The number of benzene rings is 4. The minimum atomic E-state index is -4.67. The van der Waals surface area contributed by atoms with E-state index in [9.17, 15) is 22.7 Å². The molecule has 0 radical (unpaired) electrons. The van der Waals surface area contributed by atoms with E-state index in [1.54, 1.807) is 36.4 Å². The van der Waals surface area contributed by atoms with E-state index in [2.05, 4.69) is 5.32 Å². The van der Waals surface area contributed by atoms with Crippen molar-refractivity contribution in [1.29, 1.82) is 0 Å². The van der Waals surface area contributed by atoms with Gasteiger partial charge in [-0.25, -0.2) is 17.2 Å². The Morgan fingerprint density at radius 3 is 2.58 bits per heavy atom. The number of amides is 1. The van der Waals surface area contributed by atoms with E-state index in [4.69, 9.17) is 16.3 Å². The number of ether oxygens (including phenoxy) is 1. The lowest BCUT2D eigenvalue weighted by Crippen LogP contribution is -2.28. The molecule has 0 spiro atoms. The molecule has 1 amide bonds. The highest BCUT2D eigenvalue weighted by molar-refractivity contribution is 7.92. The van der Waals surface area contributed by atoms with Crippen LogP contribution in [-0.2, 0) is 10.0 Å². The molecule has 184 valence electrons. The second kappa shape index (κ2) is 8.96. The highest BCUT2D eigenvalue weighted by Crippen LogP contribution is 2.41. The first-order valence-electron chi connectivity index (χ1n) is 10.6. The van der Waals surface area contributed by atoms with Crippen molar-refractivity contribution in [3.05, 3.63) is 82.9 Å². The van der Waals surface area contributed by atoms with Gasteiger partial charge in [0.1, 0.15) is 28.9 Å². The number of halogens is 3. The van der Waals surface area contributed by atoms with Gasteiger partial charge in [-0.15, -0.1) is 0 Å². The molecule has 0 atom stereocenters. The summed E-state index contributed by atoms with van der Waals surface area (Å²) in [4.78, 5) is 11.9. The van der Waals surface area contributed by atoms with Crippen molar-refractivity contribution in [2.24, 2.45) is 0 Å². The first-order valence-corrected chi connectivity index (χ1v) is 12.5. The zero-order chi connectivity index (χ0) is 25.6. The van der Waals surface area contributed by atoms with Crippen molar-refractivity contribution in [2.45, 2.75) is 4.90 Å². The van der Waals surface area contributed by atoms with Crippen LogP contribution in [-0.4, -0.2) is 32.6 Å². The third kappa shape index (κ3) is 4.18.